The second-order valence-corrected chi connectivity index (χ2v) is 5.81. The number of amides is 1. The molecule has 1 amide bonds. The van der Waals surface area contributed by atoms with Crippen LogP contribution in [-0.4, -0.2) is 31.9 Å². The standard InChI is InChI=1S/C16H26N2O3/c1-16(2,3)21-15(19)18-10-9-17-11-13-7-5-6-8-14(13)12-20-4/h5-8,17H,9-12H2,1-4H3,(H,18,19). The van der Waals surface area contributed by atoms with Crippen molar-refractivity contribution in [1.29, 1.82) is 0 Å². The zero-order valence-corrected chi connectivity index (χ0v) is 13.4. The Bertz CT molecular complexity index is 441. The molecule has 1 aromatic carbocycles. The van der Waals surface area contributed by atoms with Gasteiger partial charge in [0.15, 0.2) is 0 Å². The van der Waals surface area contributed by atoms with Gasteiger partial charge in [0, 0.05) is 26.7 Å². The second-order valence-electron chi connectivity index (χ2n) is 5.81. The predicted octanol–water partition coefficient (Wildman–Crippen LogP) is 2.45. The summed E-state index contributed by atoms with van der Waals surface area (Å²) in [6.07, 6.45) is -0.385. The maximum atomic E-state index is 11.5. The van der Waals surface area contributed by atoms with Crippen LogP contribution < -0.4 is 10.6 Å². The first kappa shape index (κ1) is 17.5. The lowest BCUT2D eigenvalue weighted by molar-refractivity contribution is 0.0528. The number of carbonyl (C=O) groups is 1. The average molecular weight is 294 g/mol. The summed E-state index contributed by atoms with van der Waals surface area (Å²) >= 11 is 0. The van der Waals surface area contributed by atoms with Gasteiger partial charge in [-0.05, 0) is 31.9 Å². The van der Waals surface area contributed by atoms with Crippen molar-refractivity contribution in [3.8, 4) is 0 Å². The summed E-state index contributed by atoms with van der Waals surface area (Å²) in [6.45, 7) is 8.10. The molecule has 5 nitrogen and oxygen atoms in total. The Kier molecular flexibility index (Phi) is 7.19. The third kappa shape index (κ3) is 7.68. The summed E-state index contributed by atoms with van der Waals surface area (Å²) in [4.78, 5) is 11.5. The number of hydrogen-bond acceptors (Lipinski definition) is 4. The van der Waals surface area contributed by atoms with Crippen molar-refractivity contribution < 1.29 is 14.3 Å². The van der Waals surface area contributed by atoms with Crippen LogP contribution in [0.3, 0.4) is 0 Å². The third-order valence-electron chi connectivity index (χ3n) is 2.70. The molecular weight excluding hydrogens is 268 g/mol. The van der Waals surface area contributed by atoms with Gasteiger partial charge in [0.05, 0.1) is 6.61 Å². The minimum Gasteiger partial charge on any atom is -0.444 e. The number of carbonyl (C=O) groups excluding carboxylic acids is 1. The molecular formula is C16H26N2O3. The number of rotatable bonds is 7. The first-order valence-electron chi connectivity index (χ1n) is 7.15. The van der Waals surface area contributed by atoms with Crippen LogP contribution in [0.15, 0.2) is 24.3 Å². The summed E-state index contributed by atoms with van der Waals surface area (Å²) in [6, 6.07) is 8.14. The number of nitrogens with one attached hydrogen (secondary N) is 2. The summed E-state index contributed by atoms with van der Waals surface area (Å²) < 4.78 is 10.3. The fourth-order valence-electron chi connectivity index (χ4n) is 1.82. The Morgan fingerprint density at radius 1 is 1.14 bits per heavy atom. The highest BCUT2D eigenvalue weighted by atomic mass is 16.6. The van der Waals surface area contributed by atoms with E-state index in [-0.39, 0.29) is 6.09 Å². The van der Waals surface area contributed by atoms with Gasteiger partial charge in [-0.3, -0.25) is 0 Å². The summed E-state index contributed by atoms with van der Waals surface area (Å²) in [7, 11) is 1.69. The van der Waals surface area contributed by atoms with E-state index in [0.29, 0.717) is 19.7 Å². The Hall–Kier alpha value is -1.59. The molecule has 0 aromatic heterocycles. The fraction of sp³-hybridized carbons (Fsp3) is 0.562. The molecule has 0 heterocycles. The molecule has 0 saturated heterocycles. The van der Waals surface area contributed by atoms with Crippen LogP contribution >= 0.6 is 0 Å². The molecule has 0 atom stereocenters. The van der Waals surface area contributed by atoms with E-state index in [4.69, 9.17) is 9.47 Å². The molecule has 2 N–H and O–H groups in total. The average Bonchev–Trinajstić information content (AvgIpc) is 2.38. The van der Waals surface area contributed by atoms with Gasteiger partial charge in [-0.2, -0.15) is 0 Å². The molecule has 1 rings (SSSR count). The lowest BCUT2D eigenvalue weighted by atomic mass is 10.1. The number of alkyl carbamates (subject to hydrolysis) is 1. The van der Waals surface area contributed by atoms with Crippen LogP contribution in [0.4, 0.5) is 4.79 Å². The molecule has 0 fully saturated rings. The van der Waals surface area contributed by atoms with Crippen molar-refractivity contribution >= 4 is 6.09 Å². The smallest absolute Gasteiger partial charge is 0.407 e. The first-order chi connectivity index (χ1) is 9.92. The molecule has 0 saturated carbocycles. The van der Waals surface area contributed by atoms with Crippen LogP contribution in [0.2, 0.25) is 0 Å². The normalized spacial score (nSPS) is 11.2. The molecule has 0 aliphatic rings. The molecule has 0 unspecified atom stereocenters. The molecule has 1 aromatic rings. The van der Waals surface area contributed by atoms with Crippen LogP contribution in [0.1, 0.15) is 31.9 Å². The van der Waals surface area contributed by atoms with Gasteiger partial charge < -0.3 is 20.1 Å². The molecule has 118 valence electrons. The summed E-state index contributed by atoms with van der Waals surface area (Å²) in [5.41, 5.74) is 1.92. The molecule has 0 aliphatic heterocycles. The van der Waals surface area contributed by atoms with E-state index in [2.05, 4.69) is 22.8 Å². The van der Waals surface area contributed by atoms with Crippen LogP contribution in [0.5, 0.6) is 0 Å². The van der Waals surface area contributed by atoms with E-state index < -0.39 is 5.60 Å². The van der Waals surface area contributed by atoms with Crippen molar-refractivity contribution in [1.82, 2.24) is 10.6 Å². The van der Waals surface area contributed by atoms with E-state index in [0.717, 1.165) is 6.54 Å². The first-order valence-corrected chi connectivity index (χ1v) is 7.15. The fourth-order valence-corrected chi connectivity index (χ4v) is 1.82. The lowest BCUT2D eigenvalue weighted by Gasteiger charge is -2.19. The highest BCUT2D eigenvalue weighted by Crippen LogP contribution is 2.09. The highest BCUT2D eigenvalue weighted by Gasteiger charge is 2.15. The van der Waals surface area contributed by atoms with Gasteiger partial charge in [-0.15, -0.1) is 0 Å². The highest BCUT2D eigenvalue weighted by molar-refractivity contribution is 5.67. The minimum absolute atomic E-state index is 0.385. The van der Waals surface area contributed by atoms with Crippen molar-refractivity contribution in [2.24, 2.45) is 0 Å². The van der Waals surface area contributed by atoms with E-state index in [9.17, 15) is 4.79 Å². The van der Waals surface area contributed by atoms with Gasteiger partial charge in [-0.25, -0.2) is 4.79 Å². The topological polar surface area (TPSA) is 59.6 Å². The maximum Gasteiger partial charge on any atom is 0.407 e. The molecule has 0 bridgehead atoms. The van der Waals surface area contributed by atoms with Crippen molar-refractivity contribution in [3.05, 3.63) is 35.4 Å². The quantitative estimate of drug-likeness (QED) is 0.758. The molecule has 5 heteroatoms. The molecule has 21 heavy (non-hydrogen) atoms. The third-order valence-corrected chi connectivity index (χ3v) is 2.70. The molecule has 0 spiro atoms. The molecule has 0 aliphatic carbocycles. The zero-order chi connectivity index (χ0) is 15.7. The maximum absolute atomic E-state index is 11.5. The number of ether oxygens (including phenoxy) is 2. The van der Waals surface area contributed by atoms with Gasteiger partial charge >= 0.3 is 6.09 Å². The summed E-state index contributed by atoms with van der Waals surface area (Å²) in [5.74, 6) is 0. The van der Waals surface area contributed by atoms with Crippen molar-refractivity contribution in [2.45, 2.75) is 39.5 Å². The van der Waals surface area contributed by atoms with E-state index in [1.54, 1.807) is 7.11 Å². The SMILES string of the molecule is COCc1ccccc1CNCCNC(=O)OC(C)(C)C. The van der Waals surface area contributed by atoms with Crippen molar-refractivity contribution in [2.75, 3.05) is 20.2 Å². The van der Waals surface area contributed by atoms with Crippen LogP contribution in [0, 0.1) is 0 Å². The second kappa shape index (κ2) is 8.64. The number of hydrogen-bond donors (Lipinski definition) is 2. The Morgan fingerprint density at radius 3 is 2.43 bits per heavy atom. The van der Waals surface area contributed by atoms with Crippen LogP contribution in [0.25, 0.3) is 0 Å². The Labute approximate surface area is 127 Å². The minimum atomic E-state index is -0.462. The van der Waals surface area contributed by atoms with Gasteiger partial charge in [0.2, 0.25) is 0 Å². The van der Waals surface area contributed by atoms with E-state index in [1.807, 2.05) is 32.9 Å². The van der Waals surface area contributed by atoms with Gasteiger partial charge in [0.25, 0.3) is 0 Å². The number of benzene rings is 1. The largest absolute Gasteiger partial charge is 0.444 e. The van der Waals surface area contributed by atoms with Crippen LogP contribution in [-0.2, 0) is 22.6 Å². The Balaban J connectivity index is 2.24. The number of methoxy groups -OCH3 is 1. The zero-order valence-electron chi connectivity index (χ0n) is 13.4. The van der Waals surface area contributed by atoms with E-state index >= 15 is 0 Å². The summed E-state index contributed by atoms with van der Waals surface area (Å²) in [5, 5.41) is 6.01. The van der Waals surface area contributed by atoms with E-state index in [1.165, 1.54) is 11.1 Å². The predicted molar refractivity (Wildman–Crippen MR) is 83.1 cm³/mol. The van der Waals surface area contributed by atoms with Gasteiger partial charge in [-0.1, -0.05) is 24.3 Å². The molecule has 0 radical (unpaired) electrons. The monoisotopic (exact) mass is 294 g/mol. The van der Waals surface area contributed by atoms with Gasteiger partial charge in [0.1, 0.15) is 5.60 Å². The Morgan fingerprint density at radius 2 is 1.81 bits per heavy atom. The van der Waals surface area contributed by atoms with Crippen molar-refractivity contribution in [3.63, 3.8) is 0 Å². The lowest BCUT2D eigenvalue weighted by Crippen LogP contribution is -2.36.